The van der Waals surface area contributed by atoms with Gasteiger partial charge in [0.2, 0.25) is 5.91 Å². The third-order valence-corrected chi connectivity index (χ3v) is 2.59. The van der Waals surface area contributed by atoms with Crippen LogP contribution in [-0.4, -0.2) is 32.1 Å². The van der Waals surface area contributed by atoms with Crippen LogP contribution in [0.4, 0.5) is 5.69 Å². The lowest BCUT2D eigenvalue weighted by Gasteiger charge is -2.12. The number of carbonyl (C=O) groups excluding carboxylic acids is 2. The Kier molecular flexibility index (Phi) is 5.32. The molecule has 5 nitrogen and oxygen atoms in total. The number of benzene rings is 1. The Morgan fingerprint density at radius 2 is 2.00 bits per heavy atom. The van der Waals surface area contributed by atoms with Crippen molar-refractivity contribution in [3.05, 3.63) is 29.8 Å². The van der Waals surface area contributed by atoms with Gasteiger partial charge in [-0.25, -0.2) is 4.79 Å². The molecule has 0 saturated carbocycles. The molecule has 5 heteroatoms. The van der Waals surface area contributed by atoms with E-state index >= 15 is 0 Å². The molecule has 0 heterocycles. The number of nitrogens with one attached hydrogen (secondary N) is 2. The molecule has 1 rings (SSSR count). The van der Waals surface area contributed by atoms with E-state index < -0.39 is 5.97 Å². The number of amides is 1. The average Bonchev–Trinajstić information content (AvgIpc) is 2.38. The Bertz CT molecular complexity index is 432. The van der Waals surface area contributed by atoms with Crippen molar-refractivity contribution in [1.29, 1.82) is 0 Å². The summed E-state index contributed by atoms with van der Waals surface area (Å²) in [6, 6.07) is 6.84. The summed E-state index contributed by atoms with van der Waals surface area (Å²) in [7, 11) is 3.10. The van der Waals surface area contributed by atoms with Crippen molar-refractivity contribution < 1.29 is 14.3 Å². The van der Waals surface area contributed by atoms with Gasteiger partial charge in [0.05, 0.1) is 18.4 Å². The summed E-state index contributed by atoms with van der Waals surface area (Å²) >= 11 is 0. The molecule has 2 N–H and O–H groups in total. The molecular formula is C13H18N2O3. The number of para-hydroxylation sites is 1. The highest BCUT2D eigenvalue weighted by molar-refractivity contribution is 6.01. The summed E-state index contributed by atoms with van der Waals surface area (Å²) in [5.74, 6) is -0.610. The van der Waals surface area contributed by atoms with Gasteiger partial charge in [-0.05, 0) is 26.1 Å². The zero-order valence-electron chi connectivity index (χ0n) is 10.8. The maximum absolute atomic E-state index is 11.7. The molecule has 0 aliphatic rings. The Hall–Kier alpha value is -1.88. The van der Waals surface area contributed by atoms with Crippen LogP contribution >= 0.6 is 0 Å². The first-order valence-corrected chi connectivity index (χ1v) is 5.73. The first-order chi connectivity index (χ1) is 8.58. The number of anilines is 1. The van der Waals surface area contributed by atoms with Crippen molar-refractivity contribution in [2.45, 2.75) is 19.4 Å². The van der Waals surface area contributed by atoms with Gasteiger partial charge in [0.1, 0.15) is 0 Å². The van der Waals surface area contributed by atoms with Gasteiger partial charge in [-0.3, -0.25) is 4.79 Å². The minimum absolute atomic E-state index is 0.0790. The zero-order valence-corrected chi connectivity index (χ0v) is 10.8. The second kappa shape index (κ2) is 6.76. The second-order valence-corrected chi connectivity index (χ2v) is 3.98. The average molecular weight is 250 g/mol. The second-order valence-electron chi connectivity index (χ2n) is 3.98. The maximum atomic E-state index is 11.7. The summed E-state index contributed by atoms with van der Waals surface area (Å²) in [5, 5.41) is 5.69. The van der Waals surface area contributed by atoms with Crippen LogP contribution in [0.1, 0.15) is 23.7 Å². The predicted molar refractivity (Wildman–Crippen MR) is 69.5 cm³/mol. The molecule has 0 aliphatic carbocycles. The SMILES string of the molecule is CNC(C)CC(=O)Nc1ccccc1C(=O)OC. The molecular weight excluding hydrogens is 232 g/mol. The first-order valence-electron chi connectivity index (χ1n) is 5.73. The summed E-state index contributed by atoms with van der Waals surface area (Å²) < 4.78 is 4.66. The molecule has 18 heavy (non-hydrogen) atoms. The fraction of sp³-hybridized carbons (Fsp3) is 0.385. The number of methoxy groups -OCH3 is 1. The van der Waals surface area contributed by atoms with Gasteiger partial charge >= 0.3 is 5.97 Å². The summed E-state index contributed by atoms with van der Waals surface area (Å²) in [5.41, 5.74) is 0.822. The molecule has 1 atom stereocenters. The van der Waals surface area contributed by atoms with Crippen LogP contribution in [0.25, 0.3) is 0 Å². The van der Waals surface area contributed by atoms with E-state index in [1.54, 1.807) is 31.3 Å². The summed E-state index contributed by atoms with van der Waals surface area (Å²) in [6.45, 7) is 1.91. The molecule has 0 fully saturated rings. The van der Waals surface area contributed by atoms with Crippen LogP contribution in [0.2, 0.25) is 0 Å². The molecule has 0 spiro atoms. The smallest absolute Gasteiger partial charge is 0.339 e. The molecule has 1 unspecified atom stereocenters. The van der Waals surface area contributed by atoms with Crippen molar-refractivity contribution in [2.24, 2.45) is 0 Å². The monoisotopic (exact) mass is 250 g/mol. The summed E-state index contributed by atoms with van der Waals surface area (Å²) in [6.07, 6.45) is 0.339. The molecule has 0 aliphatic heterocycles. The minimum atomic E-state index is -0.465. The number of rotatable bonds is 5. The highest BCUT2D eigenvalue weighted by Crippen LogP contribution is 2.16. The fourth-order valence-corrected chi connectivity index (χ4v) is 1.46. The molecule has 1 aromatic carbocycles. The molecule has 0 aromatic heterocycles. The van der Waals surface area contributed by atoms with Crippen molar-refractivity contribution in [2.75, 3.05) is 19.5 Å². The van der Waals surface area contributed by atoms with Crippen LogP contribution in [0.15, 0.2) is 24.3 Å². The highest BCUT2D eigenvalue weighted by Gasteiger charge is 2.14. The van der Waals surface area contributed by atoms with Crippen molar-refractivity contribution >= 4 is 17.6 Å². The van der Waals surface area contributed by atoms with E-state index in [9.17, 15) is 9.59 Å². The van der Waals surface area contributed by atoms with E-state index in [2.05, 4.69) is 15.4 Å². The van der Waals surface area contributed by atoms with Crippen molar-refractivity contribution in [3.8, 4) is 0 Å². The first kappa shape index (κ1) is 14.2. The van der Waals surface area contributed by atoms with Crippen molar-refractivity contribution in [3.63, 3.8) is 0 Å². The van der Waals surface area contributed by atoms with Crippen LogP contribution < -0.4 is 10.6 Å². The lowest BCUT2D eigenvalue weighted by atomic mass is 10.1. The Morgan fingerprint density at radius 1 is 1.33 bits per heavy atom. The topological polar surface area (TPSA) is 67.4 Å². The van der Waals surface area contributed by atoms with E-state index in [0.29, 0.717) is 17.7 Å². The maximum Gasteiger partial charge on any atom is 0.339 e. The lowest BCUT2D eigenvalue weighted by molar-refractivity contribution is -0.116. The Labute approximate surface area is 107 Å². The van der Waals surface area contributed by atoms with Gasteiger partial charge in [-0.1, -0.05) is 12.1 Å². The van der Waals surface area contributed by atoms with Crippen LogP contribution in [-0.2, 0) is 9.53 Å². The summed E-state index contributed by atoms with van der Waals surface area (Å²) in [4.78, 5) is 23.2. The van der Waals surface area contributed by atoms with Gasteiger partial charge in [0.25, 0.3) is 0 Å². The van der Waals surface area contributed by atoms with Gasteiger partial charge in [-0.15, -0.1) is 0 Å². The lowest BCUT2D eigenvalue weighted by Crippen LogP contribution is -2.27. The van der Waals surface area contributed by atoms with Gasteiger partial charge < -0.3 is 15.4 Å². The molecule has 0 bridgehead atoms. The van der Waals surface area contributed by atoms with Crippen LogP contribution in [0, 0.1) is 0 Å². The van der Waals surface area contributed by atoms with E-state index in [0.717, 1.165) is 0 Å². The predicted octanol–water partition coefficient (Wildman–Crippen LogP) is 1.41. The standard InChI is InChI=1S/C13H18N2O3/c1-9(14-2)8-12(16)15-11-7-5-4-6-10(11)13(17)18-3/h4-7,9,14H,8H2,1-3H3,(H,15,16). The van der Waals surface area contributed by atoms with Crippen LogP contribution in [0.5, 0.6) is 0 Å². The zero-order chi connectivity index (χ0) is 13.5. The fourth-order valence-electron chi connectivity index (χ4n) is 1.46. The van der Waals surface area contributed by atoms with E-state index in [1.165, 1.54) is 7.11 Å². The normalized spacial score (nSPS) is 11.7. The highest BCUT2D eigenvalue weighted by atomic mass is 16.5. The quantitative estimate of drug-likeness (QED) is 0.775. The van der Waals surface area contributed by atoms with Gasteiger partial charge in [0.15, 0.2) is 0 Å². The molecule has 1 amide bonds. The van der Waals surface area contributed by atoms with Crippen LogP contribution in [0.3, 0.4) is 0 Å². The third-order valence-electron chi connectivity index (χ3n) is 2.59. The number of hydrogen-bond donors (Lipinski definition) is 2. The molecule has 0 radical (unpaired) electrons. The van der Waals surface area contributed by atoms with Gasteiger partial charge in [0, 0.05) is 12.5 Å². The third kappa shape index (κ3) is 3.85. The number of hydrogen-bond acceptors (Lipinski definition) is 4. The Balaban J connectivity index is 2.78. The molecule has 1 aromatic rings. The number of carbonyl (C=O) groups is 2. The molecule has 98 valence electrons. The van der Waals surface area contributed by atoms with Crippen molar-refractivity contribution in [1.82, 2.24) is 5.32 Å². The van der Waals surface area contributed by atoms with E-state index in [4.69, 9.17) is 0 Å². The van der Waals surface area contributed by atoms with E-state index in [-0.39, 0.29) is 11.9 Å². The molecule has 0 saturated heterocycles. The minimum Gasteiger partial charge on any atom is -0.465 e. The van der Waals surface area contributed by atoms with E-state index in [1.807, 2.05) is 6.92 Å². The Morgan fingerprint density at radius 3 is 2.61 bits per heavy atom. The number of esters is 1. The van der Waals surface area contributed by atoms with Gasteiger partial charge in [-0.2, -0.15) is 0 Å². The number of ether oxygens (including phenoxy) is 1. The largest absolute Gasteiger partial charge is 0.465 e.